The Morgan fingerprint density at radius 2 is 1.97 bits per heavy atom. The van der Waals surface area contributed by atoms with Crippen molar-refractivity contribution in [3.8, 4) is 23.5 Å². The first-order valence-corrected chi connectivity index (χ1v) is 10.8. The van der Waals surface area contributed by atoms with Crippen molar-refractivity contribution in [3.63, 3.8) is 0 Å². The summed E-state index contributed by atoms with van der Waals surface area (Å²) < 4.78 is 47.1. The van der Waals surface area contributed by atoms with Gasteiger partial charge >= 0.3 is 6.18 Å². The van der Waals surface area contributed by atoms with E-state index < -0.39 is 29.3 Å². The zero-order chi connectivity index (χ0) is 25.0. The molecule has 10 heteroatoms. The Labute approximate surface area is 203 Å². The second-order valence-electron chi connectivity index (χ2n) is 7.47. The van der Waals surface area contributed by atoms with E-state index in [2.05, 4.69) is 15.9 Å². The lowest BCUT2D eigenvalue weighted by molar-refractivity contribution is -0.136. The Morgan fingerprint density at radius 3 is 2.54 bits per heavy atom. The maximum Gasteiger partial charge on any atom is 0.420 e. The molecule has 1 amide bonds. The van der Waals surface area contributed by atoms with Crippen LogP contribution in [0.15, 0.2) is 78.0 Å². The second-order valence-corrected chi connectivity index (χ2v) is 7.83. The highest BCUT2D eigenvalue weighted by Crippen LogP contribution is 2.37. The van der Waals surface area contributed by atoms with Crippen molar-refractivity contribution in [1.29, 1.82) is 0 Å². The molecule has 0 aliphatic carbocycles. The predicted octanol–water partition coefficient (Wildman–Crippen LogP) is 5.75. The van der Waals surface area contributed by atoms with Gasteiger partial charge in [0, 0.05) is 36.3 Å². The van der Waals surface area contributed by atoms with E-state index >= 15 is 0 Å². The molecule has 5 heterocycles. The Balaban J connectivity index is 0.000000421. The van der Waals surface area contributed by atoms with Crippen LogP contribution >= 0.6 is 11.6 Å². The monoisotopic (exact) mass is 498 g/mol. The Kier molecular flexibility index (Phi) is 6.94. The Hall–Kier alpha value is -4.03. The zero-order valence-electron chi connectivity index (χ0n) is 18.1. The van der Waals surface area contributed by atoms with E-state index in [4.69, 9.17) is 22.4 Å². The number of amides is 1. The van der Waals surface area contributed by atoms with Crippen LogP contribution in [0.4, 0.5) is 13.2 Å². The summed E-state index contributed by atoms with van der Waals surface area (Å²) in [7, 11) is 0. The van der Waals surface area contributed by atoms with Gasteiger partial charge in [-0.1, -0.05) is 35.7 Å². The van der Waals surface area contributed by atoms with Crippen molar-refractivity contribution in [1.82, 2.24) is 19.3 Å². The maximum atomic E-state index is 13.7. The lowest BCUT2D eigenvalue weighted by Crippen LogP contribution is -2.41. The van der Waals surface area contributed by atoms with Gasteiger partial charge in [0.05, 0.1) is 24.1 Å². The van der Waals surface area contributed by atoms with Crippen LogP contribution < -0.4 is 0 Å². The summed E-state index contributed by atoms with van der Waals surface area (Å²) in [6, 6.07) is 7.67. The number of alkyl halides is 3. The van der Waals surface area contributed by atoms with Crippen LogP contribution in [-0.4, -0.2) is 37.8 Å². The van der Waals surface area contributed by atoms with Gasteiger partial charge in [-0.05, 0) is 30.7 Å². The minimum absolute atomic E-state index is 0.217. The standard InChI is InChI=1S/C20H13ClF3N3O2.C5H5N/c1-2-14-5-3-4-7-26(14)19(28)16-17(21)27-10-13(12-6-8-29-11-12)9-15(18(27)25-16)20(22,23)24;1-2-4-6-5-3-1/h1,3-4,6,8-11,14H,5,7H2;1-5H. The molecule has 4 aromatic heterocycles. The number of terminal acetylenes is 1. The molecule has 0 saturated carbocycles. The fourth-order valence-electron chi connectivity index (χ4n) is 3.55. The quantitative estimate of drug-likeness (QED) is 0.261. The first-order chi connectivity index (χ1) is 16.8. The molecule has 0 radical (unpaired) electrons. The molecule has 35 heavy (non-hydrogen) atoms. The van der Waals surface area contributed by atoms with E-state index in [0.29, 0.717) is 12.0 Å². The van der Waals surface area contributed by atoms with Gasteiger partial charge in [-0.25, -0.2) is 4.98 Å². The van der Waals surface area contributed by atoms with Gasteiger partial charge < -0.3 is 9.32 Å². The molecule has 0 N–H and O–H groups in total. The Morgan fingerprint density at radius 1 is 1.20 bits per heavy atom. The van der Waals surface area contributed by atoms with Gasteiger partial charge in [0.25, 0.3) is 5.91 Å². The number of hydrogen-bond donors (Lipinski definition) is 0. The number of imidazole rings is 1. The average molecular weight is 499 g/mol. The summed E-state index contributed by atoms with van der Waals surface area (Å²) in [5.41, 5.74) is -1.09. The van der Waals surface area contributed by atoms with Gasteiger partial charge in [-0.15, -0.1) is 6.42 Å². The molecular formula is C25H18ClF3N4O2. The highest BCUT2D eigenvalue weighted by molar-refractivity contribution is 6.33. The number of halogens is 4. The predicted molar refractivity (Wildman–Crippen MR) is 125 cm³/mol. The number of fused-ring (bicyclic) bond motifs is 1. The number of carbonyl (C=O) groups is 1. The summed E-state index contributed by atoms with van der Waals surface area (Å²) in [6.07, 6.45) is 12.4. The second kappa shape index (κ2) is 10.1. The molecule has 178 valence electrons. The van der Waals surface area contributed by atoms with E-state index in [1.807, 2.05) is 24.3 Å². The van der Waals surface area contributed by atoms with Gasteiger partial charge in [-0.2, -0.15) is 13.2 Å². The normalized spacial score (nSPS) is 15.4. The number of aromatic nitrogens is 3. The number of pyridine rings is 2. The number of furan rings is 1. The molecular weight excluding hydrogens is 481 g/mol. The number of carbonyl (C=O) groups excluding carboxylic acids is 1. The number of hydrogen-bond acceptors (Lipinski definition) is 4. The lowest BCUT2D eigenvalue weighted by atomic mass is 10.1. The first-order valence-electron chi connectivity index (χ1n) is 10.4. The highest BCUT2D eigenvalue weighted by atomic mass is 35.5. The molecule has 0 fully saturated rings. The minimum atomic E-state index is -4.70. The Bertz CT molecular complexity index is 1360. The van der Waals surface area contributed by atoms with Gasteiger partial charge in [-0.3, -0.25) is 14.2 Å². The van der Waals surface area contributed by atoms with Crippen molar-refractivity contribution >= 4 is 23.2 Å². The van der Waals surface area contributed by atoms with Crippen molar-refractivity contribution in [2.24, 2.45) is 0 Å². The van der Waals surface area contributed by atoms with E-state index in [0.717, 1.165) is 10.5 Å². The fourth-order valence-corrected chi connectivity index (χ4v) is 3.80. The third kappa shape index (κ3) is 5.08. The van der Waals surface area contributed by atoms with Crippen LogP contribution in [0.5, 0.6) is 0 Å². The molecule has 6 nitrogen and oxygen atoms in total. The van der Waals surface area contributed by atoms with E-state index in [9.17, 15) is 18.0 Å². The zero-order valence-corrected chi connectivity index (χ0v) is 18.9. The fraction of sp³-hybridized carbons (Fsp3) is 0.160. The maximum absolute atomic E-state index is 13.7. The van der Waals surface area contributed by atoms with Crippen LogP contribution in [0, 0.1) is 12.3 Å². The van der Waals surface area contributed by atoms with Crippen LogP contribution in [0.2, 0.25) is 5.15 Å². The summed E-state index contributed by atoms with van der Waals surface area (Å²) in [5.74, 6) is 1.89. The van der Waals surface area contributed by atoms with Crippen molar-refractivity contribution in [2.75, 3.05) is 6.54 Å². The summed E-state index contributed by atoms with van der Waals surface area (Å²) in [6.45, 7) is 0.226. The van der Waals surface area contributed by atoms with Crippen molar-refractivity contribution < 1.29 is 22.4 Å². The molecule has 1 unspecified atom stereocenters. The third-order valence-electron chi connectivity index (χ3n) is 5.25. The topological polar surface area (TPSA) is 63.6 Å². The van der Waals surface area contributed by atoms with Crippen LogP contribution in [0.25, 0.3) is 16.8 Å². The van der Waals surface area contributed by atoms with Gasteiger partial charge in [0.15, 0.2) is 11.3 Å². The summed E-state index contributed by atoms with van der Waals surface area (Å²) in [4.78, 5) is 22.1. The smallest absolute Gasteiger partial charge is 0.420 e. The van der Waals surface area contributed by atoms with E-state index in [1.165, 1.54) is 29.7 Å². The molecule has 0 aromatic carbocycles. The van der Waals surface area contributed by atoms with Crippen LogP contribution in [0.1, 0.15) is 22.5 Å². The lowest BCUT2D eigenvalue weighted by Gasteiger charge is -2.28. The minimum Gasteiger partial charge on any atom is -0.472 e. The van der Waals surface area contributed by atoms with Crippen molar-refractivity contribution in [3.05, 3.63) is 90.0 Å². The first kappa shape index (κ1) is 24.1. The molecule has 0 bridgehead atoms. The largest absolute Gasteiger partial charge is 0.472 e. The molecule has 5 rings (SSSR count). The van der Waals surface area contributed by atoms with Gasteiger partial charge in [0.2, 0.25) is 0 Å². The summed E-state index contributed by atoms with van der Waals surface area (Å²) in [5, 5.41) is -0.217. The van der Waals surface area contributed by atoms with E-state index in [-0.39, 0.29) is 23.0 Å². The van der Waals surface area contributed by atoms with Crippen LogP contribution in [0.3, 0.4) is 0 Å². The molecule has 1 atom stereocenters. The number of nitrogens with zero attached hydrogens (tertiary/aromatic N) is 4. The molecule has 0 spiro atoms. The van der Waals surface area contributed by atoms with Gasteiger partial charge in [0.1, 0.15) is 5.15 Å². The highest BCUT2D eigenvalue weighted by Gasteiger charge is 2.37. The van der Waals surface area contributed by atoms with Crippen LogP contribution in [-0.2, 0) is 6.18 Å². The third-order valence-corrected chi connectivity index (χ3v) is 5.61. The molecule has 1 aliphatic heterocycles. The summed E-state index contributed by atoms with van der Waals surface area (Å²) >= 11 is 6.31. The van der Waals surface area contributed by atoms with E-state index in [1.54, 1.807) is 18.5 Å². The average Bonchev–Trinajstić information content (AvgIpc) is 3.52. The molecule has 0 saturated heterocycles. The SMILES string of the molecule is C#CC1CC=CCN1C(=O)c1nc2c(C(F)(F)F)cc(-c3ccoc3)cn2c1Cl.c1ccncc1. The molecule has 1 aliphatic rings. The van der Waals surface area contributed by atoms with Crippen molar-refractivity contribution in [2.45, 2.75) is 18.6 Å². The number of rotatable bonds is 2. The molecule has 4 aromatic rings.